The first kappa shape index (κ1) is 28.5. The molecule has 1 saturated heterocycles. The van der Waals surface area contributed by atoms with E-state index in [1.165, 1.54) is 61.0 Å². The van der Waals surface area contributed by atoms with Crippen molar-refractivity contribution in [3.05, 3.63) is 166 Å². The smallest absolute Gasteiger partial charge is 0.138 e. The lowest BCUT2D eigenvalue weighted by molar-refractivity contribution is 0.220. The molecule has 0 spiro atoms. The highest BCUT2D eigenvalue weighted by atomic mass is 16.3. The van der Waals surface area contributed by atoms with Crippen LogP contribution in [-0.2, 0) is 12.8 Å². The fraction of sp³-hybridized carbons (Fsp3) is 0.209. The second-order valence-corrected chi connectivity index (χ2v) is 13.1. The van der Waals surface area contributed by atoms with Gasteiger partial charge >= 0.3 is 0 Å². The Labute approximate surface area is 276 Å². The summed E-state index contributed by atoms with van der Waals surface area (Å²) in [7, 11) is 0. The van der Waals surface area contributed by atoms with Crippen molar-refractivity contribution >= 4 is 22.1 Å². The van der Waals surface area contributed by atoms with E-state index in [1.54, 1.807) is 0 Å². The highest BCUT2D eigenvalue weighted by Gasteiger charge is 2.34. The molecule has 4 aliphatic rings. The van der Waals surface area contributed by atoms with Gasteiger partial charge in [-0.2, -0.15) is 0 Å². The van der Waals surface area contributed by atoms with Crippen LogP contribution in [0.1, 0.15) is 71.4 Å². The summed E-state index contributed by atoms with van der Waals surface area (Å²) < 4.78 is 6.63. The van der Waals surface area contributed by atoms with Gasteiger partial charge in [0.15, 0.2) is 0 Å². The topological polar surface area (TPSA) is 49.2 Å². The lowest BCUT2D eigenvalue weighted by Crippen LogP contribution is -2.59. The van der Waals surface area contributed by atoms with Crippen LogP contribution < -0.4 is 16.0 Å². The molecule has 0 bridgehead atoms. The minimum absolute atomic E-state index is 0.0159. The van der Waals surface area contributed by atoms with Crippen molar-refractivity contribution in [3.8, 4) is 11.3 Å². The van der Waals surface area contributed by atoms with E-state index in [-0.39, 0.29) is 18.5 Å². The standard InChI is InChI=1S/C43H39N3O/c1-3-10-28(11-4-1)30-18-22-33(23-19-30)41-44-42(34-24-20-31(21-25-34)29-12-5-2-6-13-29)46-43(45-41)37-16-9-17-38-39(37)36-27-26-32-14-7-8-15-35(32)40(36)47-38/h1,3-5,7-18,20-22,24-25,41-46H,2,6,19,23,26-27H2. The lowest BCUT2D eigenvalue weighted by Gasteiger charge is -2.41. The molecule has 1 aliphatic heterocycles. The number of rotatable bonds is 5. The van der Waals surface area contributed by atoms with Gasteiger partial charge in [0.1, 0.15) is 11.3 Å². The third-order valence-electron chi connectivity index (χ3n) is 10.3. The van der Waals surface area contributed by atoms with E-state index in [2.05, 4.69) is 143 Å². The van der Waals surface area contributed by atoms with Crippen molar-refractivity contribution in [2.75, 3.05) is 0 Å². The number of nitrogens with one attached hydrogen (secondary N) is 3. The molecule has 4 nitrogen and oxygen atoms in total. The van der Waals surface area contributed by atoms with Gasteiger partial charge in [0.2, 0.25) is 0 Å². The zero-order valence-electron chi connectivity index (χ0n) is 26.5. The number of furan rings is 1. The monoisotopic (exact) mass is 613 g/mol. The average molecular weight is 614 g/mol. The molecule has 1 fully saturated rings. The summed E-state index contributed by atoms with van der Waals surface area (Å²) in [4.78, 5) is 0. The Morgan fingerprint density at radius 2 is 1.45 bits per heavy atom. The van der Waals surface area contributed by atoms with Gasteiger partial charge in [-0.25, -0.2) is 0 Å². The zero-order valence-corrected chi connectivity index (χ0v) is 26.5. The Morgan fingerprint density at radius 1 is 0.617 bits per heavy atom. The Morgan fingerprint density at radius 3 is 2.28 bits per heavy atom. The average Bonchev–Trinajstić information content (AvgIpc) is 3.55. The summed E-state index contributed by atoms with van der Waals surface area (Å²) in [5.74, 6) is 1.03. The molecular formula is C43H39N3O. The number of fused-ring (bicyclic) bond motifs is 5. The summed E-state index contributed by atoms with van der Waals surface area (Å²) in [6, 6.07) is 35.1. The molecule has 1 aromatic heterocycles. The van der Waals surface area contributed by atoms with Crippen molar-refractivity contribution in [3.63, 3.8) is 0 Å². The number of aryl methyl sites for hydroxylation is 2. The van der Waals surface area contributed by atoms with Gasteiger partial charge in [-0.05, 0) is 89.1 Å². The predicted octanol–water partition coefficient (Wildman–Crippen LogP) is 9.54. The third-order valence-corrected chi connectivity index (χ3v) is 10.3. The first-order valence-corrected chi connectivity index (χ1v) is 17.1. The minimum Gasteiger partial charge on any atom is -0.456 e. The summed E-state index contributed by atoms with van der Waals surface area (Å²) in [5, 5.41) is 13.1. The molecule has 3 atom stereocenters. The first-order chi connectivity index (χ1) is 23.3. The SMILES string of the molecule is C1=CC(c2ccc(C3NC(C4=CC=C(c5ccccc5)CC4)NC(c4cccc5oc6c(c45)CCc4ccccc4-6)N3)cc2)=CCC1. The highest BCUT2D eigenvalue weighted by Crippen LogP contribution is 2.43. The maximum Gasteiger partial charge on any atom is 0.138 e. The Bertz CT molecular complexity index is 2080. The summed E-state index contributed by atoms with van der Waals surface area (Å²) in [6.45, 7) is 0. The number of hydrogen-bond donors (Lipinski definition) is 3. The fourth-order valence-corrected chi connectivity index (χ4v) is 7.87. The second-order valence-electron chi connectivity index (χ2n) is 13.1. The van der Waals surface area contributed by atoms with Gasteiger partial charge in [0, 0.05) is 16.5 Å². The summed E-state index contributed by atoms with van der Waals surface area (Å²) in [5.41, 5.74) is 14.0. The van der Waals surface area contributed by atoms with Crippen LogP contribution >= 0.6 is 0 Å². The molecule has 0 radical (unpaired) electrons. The maximum absolute atomic E-state index is 6.63. The fourth-order valence-electron chi connectivity index (χ4n) is 7.87. The molecule has 3 unspecified atom stereocenters. The normalized spacial score (nSPS) is 22.2. The largest absolute Gasteiger partial charge is 0.456 e. The molecular weight excluding hydrogens is 574 g/mol. The molecule has 2 heterocycles. The van der Waals surface area contributed by atoms with Crippen molar-refractivity contribution in [1.82, 2.24) is 16.0 Å². The highest BCUT2D eigenvalue weighted by molar-refractivity contribution is 5.92. The second kappa shape index (κ2) is 12.1. The van der Waals surface area contributed by atoms with Crippen molar-refractivity contribution in [2.45, 2.75) is 57.0 Å². The van der Waals surface area contributed by atoms with Crippen LogP contribution in [0.5, 0.6) is 0 Å². The maximum atomic E-state index is 6.63. The van der Waals surface area contributed by atoms with Crippen LogP contribution in [0, 0.1) is 0 Å². The molecule has 0 amide bonds. The van der Waals surface area contributed by atoms with Crippen LogP contribution in [0.2, 0.25) is 0 Å². The minimum atomic E-state index is -0.0714. The van der Waals surface area contributed by atoms with Crippen LogP contribution in [0.15, 0.2) is 137 Å². The molecule has 4 aromatic carbocycles. The molecule has 232 valence electrons. The van der Waals surface area contributed by atoms with E-state index < -0.39 is 0 Å². The van der Waals surface area contributed by atoms with E-state index >= 15 is 0 Å². The lowest BCUT2D eigenvalue weighted by atomic mass is 9.87. The van der Waals surface area contributed by atoms with Gasteiger partial charge in [0.05, 0.1) is 18.5 Å². The van der Waals surface area contributed by atoms with Crippen molar-refractivity contribution in [2.24, 2.45) is 0 Å². The van der Waals surface area contributed by atoms with Crippen LogP contribution in [0.3, 0.4) is 0 Å². The van der Waals surface area contributed by atoms with E-state index in [0.29, 0.717) is 0 Å². The number of allylic oxidation sites excluding steroid dienone is 7. The van der Waals surface area contributed by atoms with E-state index in [9.17, 15) is 0 Å². The number of hydrogen-bond acceptors (Lipinski definition) is 4. The van der Waals surface area contributed by atoms with E-state index in [4.69, 9.17) is 4.42 Å². The summed E-state index contributed by atoms with van der Waals surface area (Å²) in [6.07, 6.45) is 17.7. The van der Waals surface area contributed by atoms with Crippen LogP contribution in [-0.4, -0.2) is 6.17 Å². The predicted molar refractivity (Wildman–Crippen MR) is 192 cm³/mol. The molecule has 3 N–H and O–H groups in total. The van der Waals surface area contributed by atoms with Crippen molar-refractivity contribution < 1.29 is 4.42 Å². The third kappa shape index (κ3) is 5.33. The molecule has 5 aromatic rings. The van der Waals surface area contributed by atoms with Gasteiger partial charge in [-0.1, -0.05) is 121 Å². The molecule has 3 aliphatic carbocycles. The van der Waals surface area contributed by atoms with Crippen LogP contribution in [0.25, 0.3) is 33.4 Å². The van der Waals surface area contributed by atoms with Gasteiger partial charge in [-0.3, -0.25) is 16.0 Å². The molecule has 47 heavy (non-hydrogen) atoms. The van der Waals surface area contributed by atoms with E-state index in [1.807, 2.05) is 0 Å². The Hall–Kier alpha value is -4.74. The van der Waals surface area contributed by atoms with Crippen LogP contribution in [0.4, 0.5) is 0 Å². The zero-order chi connectivity index (χ0) is 31.2. The van der Waals surface area contributed by atoms with E-state index in [0.717, 1.165) is 49.9 Å². The Balaban J connectivity index is 1.09. The van der Waals surface area contributed by atoms with Gasteiger partial charge < -0.3 is 4.42 Å². The molecule has 4 heteroatoms. The first-order valence-electron chi connectivity index (χ1n) is 17.1. The quantitative estimate of drug-likeness (QED) is 0.185. The van der Waals surface area contributed by atoms with Gasteiger partial charge in [-0.15, -0.1) is 0 Å². The molecule has 0 saturated carbocycles. The Kier molecular flexibility index (Phi) is 7.35. The molecule has 9 rings (SSSR count). The number of benzene rings is 4. The van der Waals surface area contributed by atoms with Crippen molar-refractivity contribution in [1.29, 1.82) is 0 Å². The summed E-state index contributed by atoms with van der Waals surface area (Å²) >= 11 is 0. The van der Waals surface area contributed by atoms with Gasteiger partial charge in [0.25, 0.3) is 0 Å².